The molecule has 2 aromatic carbocycles. The van der Waals surface area contributed by atoms with E-state index in [1.165, 1.54) is 11.1 Å². The van der Waals surface area contributed by atoms with Gasteiger partial charge in [-0.05, 0) is 63.1 Å². The maximum absolute atomic E-state index is 5.82. The highest BCUT2D eigenvalue weighted by Gasteiger charge is 2.19. The standard InChI is InChI=1S/C28H43BN4O2/c1-23(2)32-17-13-30(14-18-32)21-25-5-9-27(10-6-25)34-29-35-28-11-7-26(8-12-28)22-31-15-19-33(20-16-31)24(3)4/h5-12,23-24,29H,13-22H2,1-4H3. The fourth-order valence-electron chi connectivity index (χ4n) is 4.94. The quantitative estimate of drug-likeness (QED) is 0.487. The van der Waals surface area contributed by atoms with Crippen molar-refractivity contribution >= 4 is 7.69 Å². The Morgan fingerprint density at radius 1 is 0.571 bits per heavy atom. The smallest absolute Gasteiger partial charge is 0.529 e. The maximum Gasteiger partial charge on any atom is 0.576 e. The van der Waals surface area contributed by atoms with Gasteiger partial charge in [0, 0.05) is 77.5 Å². The second-order valence-electron chi connectivity index (χ2n) is 10.5. The summed E-state index contributed by atoms with van der Waals surface area (Å²) in [4.78, 5) is 10.2. The Morgan fingerprint density at radius 2 is 0.914 bits per heavy atom. The van der Waals surface area contributed by atoms with Gasteiger partial charge in [0.2, 0.25) is 0 Å². The van der Waals surface area contributed by atoms with E-state index in [-0.39, 0.29) is 7.69 Å². The molecule has 2 aliphatic rings. The average Bonchev–Trinajstić information content (AvgIpc) is 2.87. The van der Waals surface area contributed by atoms with Crippen molar-refractivity contribution in [3.63, 3.8) is 0 Å². The molecule has 0 radical (unpaired) electrons. The van der Waals surface area contributed by atoms with Crippen molar-refractivity contribution in [2.45, 2.75) is 52.9 Å². The molecule has 0 aliphatic carbocycles. The van der Waals surface area contributed by atoms with Crippen LogP contribution in [0.25, 0.3) is 0 Å². The van der Waals surface area contributed by atoms with Crippen molar-refractivity contribution in [2.75, 3.05) is 52.4 Å². The molecule has 0 saturated carbocycles. The van der Waals surface area contributed by atoms with Crippen LogP contribution in [0.5, 0.6) is 11.5 Å². The van der Waals surface area contributed by atoms with Crippen molar-refractivity contribution in [2.24, 2.45) is 0 Å². The van der Waals surface area contributed by atoms with E-state index < -0.39 is 0 Å². The van der Waals surface area contributed by atoms with Crippen LogP contribution in [0.3, 0.4) is 0 Å². The van der Waals surface area contributed by atoms with Gasteiger partial charge in [-0.15, -0.1) is 0 Å². The highest BCUT2D eigenvalue weighted by atomic mass is 16.6. The lowest BCUT2D eigenvalue weighted by molar-refractivity contribution is 0.104. The van der Waals surface area contributed by atoms with Crippen molar-refractivity contribution in [3.8, 4) is 11.5 Å². The van der Waals surface area contributed by atoms with Crippen molar-refractivity contribution in [3.05, 3.63) is 59.7 Å². The molecule has 0 unspecified atom stereocenters. The second-order valence-corrected chi connectivity index (χ2v) is 10.5. The predicted octanol–water partition coefficient (Wildman–Crippen LogP) is 3.46. The molecule has 0 atom stereocenters. The molecule has 0 amide bonds. The highest BCUT2D eigenvalue weighted by Crippen LogP contribution is 2.17. The van der Waals surface area contributed by atoms with Gasteiger partial charge in [0.05, 0.1) is 0 Å². The van der Waals surface area contributed by atoms with Crippen LogP contribution < -0.4 is 9.31 Å². The molecule has 0 spiro atoms. The Morgan fingerprint density at radius 3 is 1.23 bits per heavy atom. The summed E-state index contributed by atoms with van der Waals surface area (Å²) in [6, 6.07) is 18.1. The first kappa shape index (κ1) is 26.0. The minimum absolute atomic E-state index is 0.215. The molecule has 35 heavy (non-hydrogen) atoms. The Balaban J connectivity index is 1.14. The third-order valence-electron chi connectivity index (χ3n) is 7.38. The largest absolute Gasteiger partial charge is 0.576 e. The first-order chi connectivity index (χ1) is 17.0. The minimum Gasteiger partial charge on any atom is -0.529 e. The lowest BCUT2D eigenvalue weighted by atomic mass is 10.1. The molecule has 190 valence electrons. The van der Waals surface area contributed by atoms with Crippen molar-refractivity contribution in [1.82, 2.24) is 19.6 Å². The van der Waals surface area contributed by atoms with Gasteiger partial charge in [-0.3, -0.25) is 19.6 Å². The van der Waals surface area contributed by atoms with E-state index >= 15 is 0 Å². The first-order valence-corrected chi connectivity index (χ1v) is 13.3. The van der Waals surface area contributed by atoms with E-state index in [1.54, 1.807) is 0 Å². The van der Waals surface area contributed by atoms with Gasteiger partial charge < -0.3 is 9.31 Å². The van der Waals surface area contributed by atoms with Gasteiger partial charge in [0.1, 0.15) is 11.5 Å². The summed E-state index contributed by atoms with van der Waals surface area (Å²) in [5.41, 5.74) is 2.66. The number of rotatable bonds is 10. The van der Waals surface area contributed by atoms with Crippen LogP contribution in [-0.4, -0.2) is 91.7 Å². The first-order valence-electron chi connectivity index (χ1n) is 13.3. The lowest BCUT2D eigenvalue weighted by Gasteiger charge is -2.36. The molecule has 2 heterocycles. The zero-order valence-electron chi connectivity index (χ0n) is 22.2. The highest BCUT2D eigenvalue weighted by molar-refractivity contribution is 6.20. The molecule has 0 aromatic heterocycles. The number of benzene rings is 2. The Labute approximate surface area is 213 Å². The van der Waals surface area contributed by atoms with Gasteiger partial charge in [0.15, 0.2) is 0 Å². The molecule has 2 fully saturated rings. The topological polar surface area (TPSA) is 31.4 Å². The SMILES string of the molecule is CC(C)N1CCN(Cc2ccc(OBOc3ccc(CN4CCN(C(C)C)CC4)cc3)cc2)CC1. The van der Waals surface area contributed by atoms with Crippen LogP contribution in [0.15, 0.2) is 48.5 Å². The summed E-state index contributed by atoms with van der Waals surface area (Å²) in [6.07, 6.45) is 0. The number of piperazine rings is 2. The van der Waals surface area contributed by atoms with E-state index in [4.69, 9.17) is 9.31 Å². The van der Waals surface area contributed by atoms with Crippen LogP contribution in [-0.2, 0) is 13.1 Å². The summed E-state index contributed by atoms with van der Waals surface area (Å²) >= 11 is 0. The molecule has 4 rings (SSSR count). The monoisotopic (exact) mass is 478 g/mol. The molecule has 2 saturated heterocycles. The van der Waals surface area contributed by atoms with Crippen LogP contribution in [0, 0.1) is 0 Å². The zero-order valence-corrected chi connectivity index (χ0v) is 22.2. The van der Waals surface area contributed by atoms with E-state index in [2.05, 4.69) is 71.6 Å². The molecule has 7 heteroatoms. The third kappa shape index (κ3) is 7.97. The molecule has 6 nitrogen and oxygen atoms in total. The fraction of sp³-hybridized carbons (Fsp3) is 0.571. The van der Waals surface area contributed by atoms with Gasteiger partial charge in [-0.25, -0.2) is 0 Å². The van der Waals surface area contributed by atoms with E-state index in [9.17, 15) is 0 Å². The summed E-state index contributed by atoms with van der Waals surface area (Å²) in [5, 5.41) is 0. The Kier molecular flexibility index (Phi) is 9.49. The van der Waals surface area contributed by atoms with Crippen molar-refractivity contribution < 1.29 is 9.31 Å². The maximum atomic E-state index is 5.82. The summed E-state index contributed by atoms with van der Waals surface area (Å²) in [7, 11) is 0.215. The van der Waals surface area contributed by atoms with Crippen LogP contribution in [0.4, 0.5) is 0 Å². The summed E-state index contributed by atoms with van der Waals surface area (Å²) < 4.78 is 11.6. The van der Waals surface area contributed by atoms with E-state index in [0.717, 1.165) is 76.9 Å². The van der Waals surface area contributed by atoms with Crippen LogP contribution in [0.2, 0.25) is 0 Å². The van der Waals surface area contributed by atoms with E-state index in [0.29, 0.717) is 12.1 Å². The molecule has 0 N–H and O–H groups in total. The van der Waals surface area contributed by atoms with Gasteiger partial charge in [-0.1, -0.05) is 24.3 Å². The number of hydrogen-bond donors (Lipinski definition) is 0. The van der Waals surface area contributed by atoms with E-state index in [1.807, 2.05) is 24.3 Å². The number of nitrogens with zero attached hydrogens (tertiary/aromatic N) is 4. The van der Waals surface area contributed by atoms with Crippen molar-refractivity contribution in [1.29, 1.82) is 0 Å². The molecular formula is C28H43BN4O2. The Hall–Kier alpha value is -2.06. The minimum atomic E-state index is 0.215. The zero-order chi connectivity index (χ0) is 24.6. The van der Waals surface area contributed by atoms with Crippen LogP contribution in [0.1, 0.15) is 38.8 Å². The Bertz CT molecular complexity index is 801. The lowest BCUT2D eigenvalue weighted by Crippen LogP contribution is -2.48. The van der Waals surface area contributed by atoms with Crippen LogP contribution >= 0.6 is 0 Å². The molecule has 2 aliphatic heterocycles. The fourth-order valence-corrected chi connectivity index (χ4v) is 4.94. The molecule has 0 bridgehead atoms. The van der Waals surface area contributed by atoms with Gasteiger partial charge in [0.25, 0.3) is 0 Å². The van der Waals surface area contributed by atoms with Gasteiger partial charge in [-0.2, -0.15) is 0 Å². The molecular weight excluding hydrogens is 435 g/mol. The predicted molar refractivity (Wildman–Crippen MR) is 145 cm³/mol. The number of hydrogen-bond acceptors (Lipinski definition) is 6. The third-order valence-corrected chi connectivity index (χ3v) is 7.38. The normalized spacial score (nSPS) is 18.8. The van der Waals surface area contributed by atoms with Gasteiger partial charge >= 0.3 is 7.69 Å². The summed E-state index contributed by atoms with van der Waals surface area (Å²) in [6.45, 7) is 20.3. The average molecular weight is 478 g/mol. The molecule has 2 aromatic rings. The summed E-state index contributed by atoms with van der Waals surface area (Å²) in [5.74, 6) is 1.69. The second kappa shape index (κ2) is 12.8.